The van der Waals surface area contributed by atoms with Gasteiger partial charge in [0, 0.05) is 0 Å². The first-order chi connectivity index (χ1) is 12.0. The number of para-hydroxylation sites is 1. The summed E-state index contributed by atoms with van der Waals surface area (Å²) in [5, 5.41) is 5.45. The molecule has 1 aliphatic rings. The zero-order valence-corrected chi connectivity index (χ0v) is 14.2. The molecular weight excluding hydrogens is 323 g/mol. The lowest BCUT2D eigenvalue weighted by Gasteiger charge is -2.25. The van der Waals surface area contributed by atoms with Crippen LogP contribution >= 0.6 is 0 Å². The standard InChI is InChI=1S/C19H21FN2O3/c1-12(2)18(13-7-8-16-17(11-13)25-10-9-24-16)22-19(23)21-15-6-4-3-5-14(15)20/h3-8,11-12,18H,9-10H2,1-2H3,(H2,21,22,23)/t18-/m0/s1. The van der Waals surface area contributed by atoms with Crippen molar-refractivity contribution in [1.82, 2.24) is 5.32 Å². The maximum absolute atomic E-state index is 13.7. The number of benzene rings is 2. The minimum absolute atomic E-state index is 0.133. The molecule has 0 saturated heterocycles. The molecule has 0 bridgehead atoms. The van der Waals surface area contributed by atoms with E-state index in [9.17, 15) is 9.18 Å². The number of amides is 2. The van der Waals surface area contributed by atoms with Gasteiger partial charge in [0.25, 0.3) is 0 Å². The minimum atomic E-state index is -0.474. The SMILES string of the molecule is CC(C)[C@H](NC(=O)Nc1ccccc1F)c1ccc2c(c1)OCCO2. The monoisotopic (exact) mass is 344 g/mol. The average molecular weight is 344 g/mol. The number of hydrogen-bond donors (Lipinski definition) is 2. The number of urea groups is 1. The number of rotatable bonds is 4. The molecule has 25 heavy (non-hydrogen) atoms. The van der Waals surface area contributed by atoms with Crippen LogP contribution in [0.2, 0.25) is 0 Å². The third-order valence-electron chi connectivity index (χ3n) is 4.00. The highest BCUT2D eigenvalue weighted by Gasteiger charge is 2.21. The molecule has 0 fully saturated rings. The molecule has 0 radical (unpaired) electrons. The summed E-state index contributed by atoms with van der Waals surface area (Å²) in [5.41, 5.74) is 1.05. The van der Waals surface area contributed by atoms with Crippen LogP contribution < -0.4 is 20.1 Å². The van der Waals surface area contributed by atoms with E-state index in [-0.39, 0.29) is 17.6 Å². The van der Waals surface area contributed by atoms with Gasteiger partial charge in [0.1, 0.15) is 19.0 Å². The molecule has 0 saturated carbocycles. The normalized spacial score (nSPS) is 14.1. The zero-order valence-electron chi connectivity index (χ0n) is 14.2. The molecule has 5 nitrogen and oxygen atoms in total. The van der Waals surface area contributed by atoms with Crippen molar-refractivity contribution in [3.8, 4) is 11.5 Å². The average Bonchev–Trinajstić information content (AvgIpc) is 2.61. The quantitative estimate of drug-likeness (QED) is 0.877. The van der Waals surface area contributed by atoms with E-state index < -0.39 is 11.8 Å². The third kappa shape index (κ3) is 4.02. The summed E-state index contributed by atoms with van der Waals surface area (Å²) < 4.78 is 24.8. The lowest BCUT2D eigenvalue weighted by molar-refractivity contribution is 0.171. The van der Waals surface area contributed by atoms with E-state index in [2.05, 4.69) is 10.6 Å². The van der Waals surface area contributed by atoms with Crippen molar-refractivity contribution in [3.63, 3.8) is 0 Å². The summed E-state index contributed by atoms with van der Waals surface area (Å²) in [7, 11) is 0. The predicted octanol–water partition coefficient (Wildman–Crippen LogP) is 4.12. The number of carbonyl (C=O) groups is 1. The molecule has 2 aromatic rings. The van der Waals surface area contributed by atoms with Crippen molar-refractivity contribution in [2.24, 2.45) is 5.92 Å². The highest BCUT2D eigenvalue weighted by molar-refractivity contribution is 5.89. The van der Waals surface area contributed by atoms with Crippen molar-refractivity contribution < 1.29 is 18.7 Å². The Bertz CT molecular complexity index is 764. The Morgan fingerprint density at radius 1 is 1.08 bits per heavy atom. The van der Waals surface area contributed by atoms with Gasteiger partial charge in [0.05, 0.1) is 11.7 Å². The number of anilines is 1. The Morgan fingerprint density at radius 3 is 2.52 bits per heavy atom. The summed E-state index contributed by atoms with van der Waals surface area (Å²) in [6.45, 7) is 5.04. The Balaban J connectivity index is 1.75. The second kappa shape index (κ2) is 7.42. The predicted molar refractivity (Wildman–Crippen MR) is 93.6 cm³/mol. The maximum atomic E-state index is 13.7. The number of halogens is 1. The molecule has 1 aliphatic heterocycles. The van der Waals surface area contributed by atoms with Crippen LogP contribution in [-0.4, -0.2) is 19.2 Å². The highest BCUT2D eigenvalue weighted by Crippen LogP contribution is 2.34. The summed E-state index contributed by atoms with van der Waals surface area (Å²) in [6.07, 6.45) is 0. The van der Waals surface area contributed by atoms with Crippen LogP contribution in [0.1, 0.15) is 25.5 Å². The van der Waals surface area contributed by atoms with Gasteiger partial charge >= 0.3 is 6.03 Å². The van der Waals surface area contributed by atoms with Gasteiger partial charge in [0.2, 0.25) is 0 Å². The van der Waals surface area contributed by atoms with Crippen LogP contribution in [0, 0.1) is 11.7 Å². The zero-order chi connectivity index (χ0) is 17.8. The fourth-order valence-corrected chi connectivity index (χ4v) is 2.75. The fourth-order valence-electron chi connectivity index (χ4n) is 2.75. The van der Waals surface area contributed by atoms with E-state index in [1.165, 1.54) is 12.1 Å². The molecule has 0 unspecified atom stereocenters. The van der Waals surface area contributed by atoms with Crippen molar-refractivity contribution in [1.29, 1.82) is 0 Å². The third-order valence-corrected chi connectivity index (χ3v) is 4.00. The van der Waals surface area contributed by atoms with Gasteiger partial charge in [0.15, 0.2) is 11.5 Å². The molecule has 1 atom stereocenters. The van der Waals surface area contributed by atoms with Crippen molar-refractivity contribution in [2.45, 2.75) is 19.9 Å². The number of nitrogens with one attached hydrogen (secondary N) is 2. The van der Waals surface area contributed by atoms with Crippen LogP contribution in [0.3, 0.4) is 0 Å². The molecule has 132 valence electrons. The van der Waals surface area contributed by atoms with Crippen LogP contribution in [0.4, 0.5) is 14.9 Å². The molecular formula is C19H21FN2O3. The topological polar surface area (TPSA) is 59.6 Å². The summed E-state index contributed by atoms with van der Waals surface area (Å²) in [4.78, 5) is 12.3. The number of ether oxygens (including phenoxy) is 2. The van der Waals surface area contributed by atoms with E-state index >= 15 is 0 Å². The second-order valence-electron chi connectivity index (χ2n) is 6.20. The maximum Gasteiger partial charge on any atom is 0.319 e. The molecule has 0 aromatic heterocycles. The first-order valence-corrected chi connectivity index (χ1v) is 8.26. The first kappa shape index (κ1) is 17.1. The van der Waals surface area contributed by atoms with E-state index in [0.717, 1.165) is 5.56 Å². The lowest BCUT2D eigenvalue weighted by Crippen LogP contribution is -2.35. The van der Waals surface area contributed by atoms with Gasteiger partial charge in [-0.25, -0.2) is 9.18 Å². The number of hydrogen-bond acceptors (Lipinski definition) is 3. The van der Waals surface area contributed by atoms with Crippen LogP contribution in [0.5, 0.6) is 11.5 Å². The van der Waals surface area contributed by atoms with Crippen molar-refractivity contribution in [2.75, 3.05) is 18.5 Å². The number of fused-ring (bicyclic) bond motifs is 1. The smallest absolute Gasteiger partial charge is 0.319 e. The molecule has 2 N–H and O–H groups in total. The molecule has 2 aromatic carbocycles. The van der Waals surface area contributed by atoms with Gasteiger partial charge in [-0.3, -0.25) is 0 Å². The number of carbonyl (C=O) groups excluding carboxylic acids is 1. The first-order valence-electron chi connectivity index (χ1n) is 8.26. The largest absolute Gasteiger partial charge is 0.486 e. The Kier molecular flexibility index (Phi) is 5.07. The van der Waals surface area contributed by atoms with E-state index in [1.807, 2.05) is 32.0 Å². The molecule has 0 spiro atoms. The van der Waals surface area contributed by atoms with Gasteiger partial charge in [-0.2, -0.15) is 0 Å². The van der Waals surface area contributed by atoms with Crippen LogP contribution in [0.15, 0.2) is 42.5 Å². The molecule has 2 amide bonds. The van der Waals surface area contributed by atoms with E-state index in [4.69, 9.17) is 9.47 Å². The summed E-state index contributed by atoms with van der Waals surface area (Å²) in [6, 6.07) is 11.0. The molecule has 6 heteroatoms. The van der Waals surface area contributed by atoms with Crippen molar-refractivity contribution >= 4 is 11.7 Å². The van der Waals surface area contributed by atoms with Crippen molar-refractivity contribution in [3.05, 3.63) is 53.8 Å². The van der Waals surface area contributed by atoms with Gasteiger partial charge in [-0.1, -0.05) is 32.0 Å². The fraction of sp³-hybridized carbons (Fsp3) is 0.316. The van der Waals surface area contributed by atoms with Crippen LogP contribution in [-0.2, 0) is 0 Å². The van der Waals surface area contributed by atoms with Gasteiger partial charge in [-0.05, 0) is 35.7 Å². The molecule has 3 rings (SSSR count). The molecule has 1 heterocycles. The molecule has 0 aliphatic carbocycles. The van der Waals surface area contributed by atoms with E-state index in [0.29, 0.717) is 24.7 Å². The summed E-state index contributed by atoms with van der Waals surface area (Å²) in [5.74, 6) is 1.03. The van der Waals surface area contributed by atoms with E-state index in [1.54, 1.807) is 12.1 Å². The second-order valence-corrected chi connectivity index (χ2v) is 6.20. The Hall–Kier alpha value is -2.76. The van der Waals surface area contributed by atoms with Gasteiger partial charge in [-0.15, -0.1) is 0 Å². The minimum Gasteiger partial charge on any atom is -0.486 e. The highest BCUT2D eigenvalue weighted by atomic mass is 19.1. The summed E-state index contributed by atoms with van der Waals surface area (Å²) >= 11 is 0. The Morgan fingerprint density at radius 2 is 1.80 bits per heavy atom. The Labute approximate surface area is 146 Å². The van der Waals surface area contributed by atoms with Gasteiger partial charge < -0.3 is 20.1 Å². The lowest BCUT2D eigenvalue weighted by atomic mass is 9.95. The van der Waals surface area contributed by atoms with Crippen LogP contribution in [0.25, 0.3) is 0 Å².